The molecular weight excluding hydrogens is 467 g/mol. The number of amides is 1. The van der Waals surface area contributed by atoms with Crippen LogP contribution in [0.15, 0.2) is 66.7 Å². The maximum Gasteiger partial charge on any atom is 0.410 e. The smallest absolute Gasteiger partial charge is 0.410 e. The van der Waals surface area contributed by atoms with Crippen LogP contribution in [0.3, 0.4) is 0 Å². The van der Waals surface area contributed by atoms with E-state index in [1.165, 1.54) is 28.3 Å². The first-order valence-corrected chi connectivity index (χ1v) is 13.0. The molecule has 2 aliphatic heterocycles. The van der Waals surface area contributed by atoms with Gasteiger partial charge in [-0.05, 0) is 72.1 Å². The molecule has 1 aliphatic carbocycles. The standard InChI is InChI=1S/C31H29FN2O3/c32-29-14-20(18-33)12-13-21(29)15-31(36)16-22-6-5-7-23(17-31)34(22)30(35)37-19-28-26-10-3-1-8-24(26)25-9-2-4-11-27(25)28/h1-4,8-14,22-23,28,36H,5-7,15-17,19H2. The second-order valence-electron chi connectivity index (χ2n) is 10.7. The van der Waals surface area contributed by atoms with Gasteiger partial charge in [0.2, 0.25) is 0 Å². The third-order valence-electron chi connectivity index (χ3n) is 8.34. The molecule has 1 amide bonds. The Bertz CT molecular complexity index is 1340. The number of hydrogen-bond acceptors (Lipinski definition) is 4. The van der Waals surface area contributed by atoms with E-state index in [1.807, 2.05) is 35.2 Å². The van der Waals surface area contributed by atoms with E-state index in [0.717, 1.165) is 19.3 Å². The van der Waals surface area contributed by atoms with Gasteiger partial charge in [0.25, 0.3) is 0 Å². The first kappa shape index (κ1) is 23.7. The van der Waals surface area contributed by atoms with Gasteiger partial charge in [0.1, 0.15) is 12.4 Å². The van der Waals surface area contributed by atoms with E-state index in [2.05, 4.69) is 24.3 Å². The van der Waals surface area contributed by atoms with E-state index in [4.69, 9.17) is 10.00 Å². The molecule has 0 spiro atoms. The largest absolute Gasteiger partial charge is 0.448 e. The van der Waals surface area contributed by atoms with E-state index < -0.39 is 11.4 Å². The van der Waals surface area contributed by atoms with Crippen LogP contribution in [-0.2, 0) is 11.2 Å². The molecule has 0 aromatic heterocycles. The zero-order valence-corrected chi connectivity index (χ0v) is 20.6. The second kappa shape index (κ2) is 9.32. The average Bonchev–Trinajstić information content (AvgIpc) is 3.21. The fourth-order valence-electron chi connectivity index (χ4n) is 6.75. The third kappa shape index (κ3) is 4.28. The Hall–Kier alpha value is -3.69. The van der Waals surface area contributed by atoms with Gasteiger partial charge in [-0.2, -0.15) is 5.26 Å². The number of aliphatic hydroxyl groups is 1. The van der Waals surface area contributed by atoms with Gasteiger partial charge < -0.3 is 14.7 Å². The van der Waals surface area contributed by atoms with Crippen molar-refractivity contribution < 1.29 is 19.0 Å². The van der Waals surface area contributed by atoms with Crippen molar-refractivity contribution in [3.05, 3.63) is 94.8 Å². The van der Waals surface area contributed by atoms with Crippen molar-refractivity contribution in [3.8, 4) is 17.2 Å². The van der Waals surface area contributed by atoms with Crippen LogP contribution in [0.2, 0.25) is 0 Å². The number of carbonyl (C=O) groups excluding carboxylic acids is 1. The Balaban J connectivity index is 1.17. The van der Waals surface area contributed by atoms with Gasteiger partial charge in [-0.3, -0.25) is 0 Å². The molecule has 2 heterocycles. The van der Waals surface area contributed by atoms with E-state index in [-0.39, 0.29) is 42.7 Å². The van der Waals surface area contributed by atoms with Crippen LogP contribution in [0.4, 0.5) is 9.18 Å². The maximum absolute atomic E-state index is 14.6. The average molecular weight is 497 g/mol. The zero-order chi connectivity index (χ0) is 25.6. The van der Waals surface area contributed by atoms with Gasteiger partial charge in [-0.1, -0.05) is 54.6 Å². The number of rotatable bonds is 4. The Morgan fingerprint density at radius 2 is 1.65 bits per heavy atom. The van der Waals surface area contributed by atoms with Crippen molar-refractivity contribution in [1.82, 2.24) is 4.90 Å². The lowest BCUT2D eigenvalue weighted by Crippen LogP contribution is -2.60. The Kier molecular flexibility index (Phi) is 5.97. The summed E-state index contributed by atoms with van der Waals surface area (Å²) in [6, 6.07) is 22.6. The van der Waals surface area contributed by atoms with Crippen LogP contribution in [0, 0.1) is 17.1 Å². The van der Waals surface area contributed by atoms with Crippen molar-refractivity contribution in [2.75, 3.05) is 6.61 Å². The molecule has 2 unspecified atom stereocenters. The van der Waals surface area contributed by atoms with Gasteiger partial charge in [-0.25, -0.2) is 9.18 Å². The molecule has 3 aromatic carbocycles. The predicted molar refractivity (Wildman–Crippen MR) is 137 cm³/mol. The van der Waals surface area contributed by atoms with Crippen molar-refractivity contribution in [2.24, 2.45) is 0 Å². The van der Waals surface area contributed by atoms with Crippen LogP contribution >= 0.6 is 0 Å². The molecule has 188 valence electrons. The molecule has 0 radical (unpaired) electrons. The van der Waals surface area contributed by atoms with Crippen molar-refractivity contribution in [3.63, 3.8) is 0 Å². The number of carbonyl (C=O) groups is 1. The van der Waals surface area contributed by atoms with E-state index in [0.29, 0.717) is 18.4 Å². The van der Waals surface area contributed by atoms with Crippen LogP contribution in [0.25, 0.3) is 11.1 Å². The molecule has 2 bridgehead atoms. The molecule has 3 aliphatic rings. The minimum atomic E-state index is -1.11. The maximum atomic E-state index is 14.6. The summed E-state index contributed by atoms with van der Waals surface area (Å²) in [5.74, 6) is -0.478. The summed E-state index contributed by atoms with van der Waals surface area (Å²) < 4.78 is 20.5. The van der Waals surface area contributed by atoms with Crippen molar-refractivity contribution in [2.45, 2.75) is 62.1 Å². The Morgan fingerprint density at radius 1 is 1.03 bits per heavy atom. The normalized spacial score (nSPS) is 24.2. The number of halogens is 1. The van der Waals surface area contributed by atoms with Gasteiger partial charge in [-0.15, -0.1) is 0 Å². The number of fused-ring (bicyclic) bond motifs is 5. The minimum Gasteiger partial charge on any atom is -0.448 e. The summed E-state index contributed by atoms with van der Waals surface area (Å²) in [5.41, 5.74) is 4.28. The summed E-state index contributed by atoms with van der Waals surface area (Å²) >= 11 is 0. The molecule has 37 heavy (non-hydrogen) atoms. The second-order valence-corrected chi connectivity index (χ2v) is 10.7. The molecule has 0 saturated carbocycles. The molecule has 2 fully saturated rings. The minimum absolute atomic E-state index is 0.00253. The lowest BCUT2D eigenvalue weighted by molar-refractivity contribution is -0.0843. The molecule has 6 rings (SSSR count). The molecule has 5 nitrogen and oxygen atoms in total. The van der Waals surface area contributed by atoms with E-state index in [1.54, 1.807) is 12.1 Å². The van der Waals surface area contributed by atoms with Gasteiger partial charge in [0.15, 0.2) is 0 Å². The number of hydrogen-bond donors (Lipinski definition) is 1. The molecule has 2 saturated heterocycles. The van der Waals surface area contributed by atoms with Crippen LogP contribution in [0.1, 0.15) is 60.3 Å². The predicted octanol–water partition coefficient (Wildman–Crippen LogP) is 5.94. The summed E-state index contributed by atoms with van der Waals surface area (Å²) in [6.45, 7) is 0.267. The van der Waals surface area contributed by atoms with Gasteiger partial charge in [0.05, 0.1) is 17.2 Å². The van der Waals surface area contributed by atoms with Crippen molar-refractivity contribution >= 4 is 6.09 Å². The van der Waals surface area contributed by atoms with E-state index in [9.17, 15) is 14.3 Å². The zero-order valence-electron chi connectivity index (χ0n) is 20.6. The van der Waals surface area contributed by atoms with Gasteiger partial charge in [0, 0.05) is 24.4 Å². The molecule has 3 aromatic rings. The molecule has 2 atom stereocenters. The Morgan fingerprint density at radius 3 is 2.24 bits per heavy atom. The monoisotopic (exact) mass is 496 g/mol. The van der Waals surface area contributed by atoms with Crippen LogP contribution in [-0.4, -0.2) is 40.4 Å². The highest BCUT2D eigenvalue weighted by Gasteiger charge is 2.48. The number of nitrogens with zero attached hydrogens (tertiary/aromatic N) is 2. The SMILES string of the molecule is N#Cc1ccc(CC2(O)CC3CCCC(C2)N3C(=O)OCC2c3ccccc3-c3ccccc32)c(F)c1. The van der Waals surface area contributed by atoms with Gasteiger partial charge >= 0.3 is 6.09 Å². The fourth-order valence-corrected chi connectivity index (χ4v) is 6.75. The third-order valence-corrected chi connectivity index (χ3v) is 8.34. The van der Waals surface area contributed by atoms with Crippen molar-refractivity contribution in [1.29, 1.82) is 5.26 Å². The molecule has 1 N–H and O–H groups in total. The highest BCUT2D eigenvalue weighted by atomic mass is 19.1. The Labute approximate surface area is 216 Å². The quantitative estimate of drug-likeness (QED) is 0.485. The topological polar surface area (TPSA) is 73.6 Å². The number of ether oxygens (including phenoxy) is 1. The summed E-state index contributed by atoms with van der Waals surface area (Å²) in [5, 5.41) is 20.5. The lowest BCUT2D eigenvalue weighted by atomic mass is 9.73. The van der Waals surface area contributed by atoms with Crippen LogP contribution in [0.5, 0.6) is 0 Å². The summed E-state index contributed by atoms with van der Waals surface area (Å²) in [7, 11) is 0. The van der Waals surface area contributed by atoms with E-state index >= 15 is 0 Å². The molecule has 6 heteroatoms. The number of nitriles is 1. The molecular formula is C31H29FN2O3. The lowest BCUT2D eigenvalue weighted by Gasteiger charge is -2.51. The highest BCUT2D eigenvalue weighted by Crippen LogP contribution is 2.45. The summed E-state index contributed by atoms with van der Waals surface area (Å²) in [6.07, 6.45) is 3.17. The highest BCUT2D eigenvalue weighted by molar-refractivity contribution is 5.79. The fraction of sp³-hybridized carbons (Fsp3) is 0.355. The number of piperidine rings is 2. The first-order valence-electron chi connectivity index (χ1n) is 13.0. The summed E-state index contributed by atoms with van der Waals surface area (Å²) in [4.78, 5) is 15.3. The van der Waals surface area contributed by atoms with Crippen LogP contribution < -0.4 is 0 Å². The first-order chi connectivity index (χ1) is 18.0. The number of benzene rings is 3.